The number of anilines is 2. The van der Waals surface area contributed by atoms with E-state index in [9.17, 15) is 14.0 Å². The highest BCUT2D eigenvalue weighted by Gasteiger charge is 2.29. The number of fused-ring (bicyclic) bond motifs is 3. The first-order chi connectivity index (χ1) is 20.7. The van der Waals surface area contributed by atoms with Crippen molar-refractivity contribution in [1.29, 1.82) is 0 Å². The maximum absolute atomic E-state index is 14.4. The van der Waals surface area contributed by atoms with Crippen LogP contribution in [0, 0.1) is 12.7 Å². The summed E-state index contributed by atoms with van der Waals surface area (Å²) in [5.41, 5.74) is 5.39. The molecule has 0 saturated carbocycles. The third-order valence-corrected chi connectivity index (χ3v) is 9.00. The zero-order valence-electron chi connectivity index (χ0n) is 24.2. The lowest BCUT2D eigenvalue weighted by Crippen LogP contribution is -2.33. The van der Waals surface area contributed by atoms with Crippen molar-refractivity contribution < 1.29 is 14.0 Å². The Hall–Kier alpha value is -4.69. The van der Waals surface area contributed by atoms with Crippen LogP contribution < -0.4 is 10.2 Å². The van der Waals surface area contributed by atoms with Crippen LogP contribution in [0.1, 0.15) is 56.5 Å². The summed E-state index contributed by atoms with van der Waals surface area (Å²) >= 11 is 1.35. The fraction of sp³-hybridized carbons (Fsp3) is 0.200. The zero-order chi connectivity index (χ0) is 30.1. The fourth-order valence-electron chi connectivity index (χ4n) is 5.53. The van der Waals surface area contributed by atoms with E-state index in [2.05, 4.69) is 24.1 Å². The highest BCUT2D eigenvalue weighted by molar-refractivity contribution is 7.17. The van der Waals surface area contributed by atoms with E-state index in [1.54, 1.807) is 36.2 Å². The molecule has 6 rings (SSSR count). The summed E-state index contributed by atoms with van der Waals surface area (Å²) in [5.74, 6) is -0.997. The number of aryl methyl sites for hydroxylation is 1. The molecule has 3 aromatic heterocycles. The van der Waals surface area contributed by atoms with Gasteiger partial charge in [0.25, 0.3) is 11.8 Å². The summed E-state index contributed by atoms with van der Waals surface area (Å²) < 4.78 is 14.4. The van der Waals surface area contributed by atoms with Crippen molar-refractivity contribution in [2.24, 2.45) is 0 Å². The van der Waals surface area contributed by atoms with Gasteiger partial charge in [0.2, 0.25) is 0 Å². The molecule has 4 heterocycles. The van der Waals surface area contributed by atoms with Crippen LogP contribution in [0.5, 0.6) is 0 Å². The highest BCUT2D eigenvalue weighted by atomic mass is 32.1. The van der Waals surface area contributed by atoms with Gasteiger partial charge < -0.3 is 10.2 Å². The van der Waals surface area contributed by atoms with E-state index < -0.39 is 5.82 Å². The Morgan fingerprint density at radius 3 is 2.58 bits per heavy atom. The molecule has 0 spiro atoms. The zero-order valence-corrected chi connectivity index (χ0v) is 25.0. The van der Waals surface area contributed by atoms with E-state index in [4.69, 9.17) is 4.98 Å². The largest absolute Gasteiger partial charge is 0.319 e. The van der Waals surface area contributed by atoms with Crippen molar-refractivity contribution in [2.75, 3.05) is 16.8 Å². The lowest BCUT2D eigenvalue weighted by molar-refractivity contribution is 0.0980. The number of nitrogens with zero attached hydrogens (tertiary/aromatic N) is 3. The van der Waals surface area contributed by atoms with E-state index in [0.717, 1.165) is 33.1 Å². The average Bonchev–Trinajstić information content (AvgIpc) is 3.37. The van der Waals surface area contributed by atoms with Gasteiger partial charge in [-0.05, 0) is 66.9 Å². The van der Waals surface area contributed by atoms with Crippen molar-refractivity contribution >= 4 is 34.5 Å². The molecule has 0 radical (unpaired) electrons. The fourth-order valence-corrected chi connectivity index (χ4v) is 6.67. The molecule has 1 aliphatic rings. The molecule has 6 nitrogen and oxygen atoms in total. The van der Waals surface area contributed by atoms with Crippen molar-refractivity contribution in [3.63, 3.8) is 0 Å². The maximum atomic E-state index is 14.4. The van der Waals surface area contributed by atoms with Gasteiger partial charge in [-0.2, -0.15) is 0 Å². The predicted octanol–water partition coefficient (Wildman–Crippen LogP) is 7.63. The summed E-state index contributed by atoms with van der Waals surface area (Å²) in [6.45, 7) is 6.44. The predicted molar refractivity (Wildman–Crippen MR) is 169 cm³/mol. The van der Waals surface area contributed by atoms with E-state index in [1.165, 1.54) is 17.4 Å². The van der Waals surface area contributed by atoms with Crippen LogP contribution in [-0.2, 0) is 18.3 Å². The van der Waals surface area contributed by atoms with Crippen molar-refractivity contribution in [3.8, 4) is 10.4 Å². The summed E-state index contributed by atoms with van der Waals surface area (Å²) in [4.78, 5) is 39.7. The number of benzene rings is 2. The molecule has 0 atom stereocenters. The number of pyridine rings is 2. The van der Waals surface area contributed by atoms with Gasteiger partial charge in [0.1, 0.15) is 11.5 Å². The van der Waals surface area contributed by atoms with E-state index in [1.807, 2.05) is 60.7 Å². The molecule has 0 fully saturated rings. The minimum Gasteiger partial charge on any atom is -0.319 e. The van der Waals surface area contributed by atoms with Gasteiger partial charge in [0.15, 0.2) is 0 Å². The number of hydrogen-bond donors (Lipinski definition) is 1. The number of amides is 2. The summed E-state index contributed by atoms with van der Waals surface area (Å²) in [6, 6.07) is 25.8. The Kier molecular flexibility index (Phi) is 7.62. The molecule has 0 unspecified atom stereocenters. The lowest BCUT2D eigenvalue weighted by Gasteiger charge is -2.25. The number of para-hydroxylation sites is 2. The molecule has 1 N–H and O–H groups in total. The molecule has 1 aliphatic heterocycles. The second kappa shape index (κ2) is 11.5. The van der Waals surface area contributed by atoms with Gasteiger partial charge in [-0.1, -0.05) is 56.3 Å². The van der Waals surface area contributed by atoms with Gasteiger partial charge >= 0.3 is 0 Å². The molecule has 43 heavy (non-hydrogen) atoms. The number of nitrogens with one attached hydrogen (secondary N) is 1. The van der Waals surface area contributed by atoms with Crippen LogP contribution in [0.25, 0.3) is 10.4 Å². The monoisotopic (exact) mass is 590 g/mol. The number of aromatic nitrogens is 2. The Morgan fingerprint density at radius 1 is 1.00 bits per heavy atom. The third-order valence-electron chi connectivity index (χ3n) is 7.79. The summed E-state index contributed by atoms with van der Waals surface area (Å²) in [7, 11) is 0. The quantitative estimate of drug-likeness (QED) is 0.221. The maximum Gasteiger partial charge on any atom is 0.276 e. The van der Waals surface area contributed by atoms with Crippen molar-refractivity contribution in [1.82, 2.24) is 9.97 Å². The molecule has 5 aromatic rings. The van der Waals surface area contributed by atoms with Crippen LogP contribution in [0.3, 0.4) is 0 Å². The van der Waals surface area contributed by atoms with E-state index >= 15 is 0 Å². The first-order valence-corrected chi connectivity index (χ1v) is 15.0. The van der Waals surface area contributed by atoms with Crippen LogP contribution >= 0.6 is 11.3 Å². The molecule has 0 aliphatic carbocycles. The summed E-state index contributed by atoms with van der Waals surface area (Å²) in [6.07, 6.45) is 2.99. The van der Waals surface area contributed by atoms with Gasteiger partial charge in [-0.25, -0.2) is 9.37 Å². The van der Waals surface area contributed by atoms with Gasteiger partial charge in [-0.3, -0.25) is 14.6 Å². The molecule has 2 amide bonds. The van der Waals surface area contributed by atoms with E-state index in [0.29, 0.717) is 35.5 Å². The number of carbonyl (C=O) groups is 2. The van der Waals surface area contributed by atoms with E-state index in [-0.39, 0.29) is 22.9 Å². The number of hydrogen-bond acceptors (Lipinski definition) is 5. The third kappa shape index (κ3) is 5.70. The first kappa shape index (κ1) is 28.4. The molecule has 2 aromatic carbocycles. The smallest absolute Gasteiger partial charge is 0.276 e. The van der Waals surface area contributed by atoms with Crippen LogP contribution in [0.2, 0.25) is 0 Å². The van der Waals surface area contributed by atoms with Crippen molar-refractivity contribution in [2.45, 2.75) is 39.0 Å². The SMILES string of the molecule is Cc1cccc(F)c1NC(=O)c1cc2c(s1)-c1ccccc1N(C(=O)c1cccc(CC(C)(C)c3ccccn3)n1)CC2. The number of thiophene rings is 1. The van der Waals surface area contributed by atoms with Crippen LogP contribution in [-0.4, -0.2) is 28.3 Å². The molecular formula is C35H31FN4O2S. The lowest BCUT2D eigenvalue weighted by atomic mass is 9.83. The highest BCUT2D eigenvalue weighted by Crippen LogP contribution is 2.42. The molecular weight excluding hydrogens is 559 g/mol. The van der Waals surface area contributed by atoms with Gasteiger partial charge in [-0.15, -0.1) is 11.3 Å². The second-order valence-electron chi connectivity index (χ2n) is 11.4. The molecule has 8 heteroatoms. The minimum atomic E-state index is -0.469. The van der Waals surface area contributed by atoms with Gasteiger partial charge in [0, 0.05) is 46.4 Å². The minimum absolute atomic E-state index is 0.173. The Balaban J connectivity index is 1.27. The second-order valence-corrected chi connectivity index (χ2v) is 12.4. The Labute approximate surface area is 254 Å². The van der Waals surface area contributed by atoms with Crippen LogP contribution in [0.4, 0.5) is 15.8 Å². The Bertz CT molecular complexity index is 1810. The number of rotatable bonds is 6. The molecule has 216 valence electrons. The Morgan fingerprint density at radius 2 is 1.79 bits per heavy atom. The van der Waals surface area contributed by atoms with Crippen molar-refractivity contribution in [3.05, 3.63) is 130 Å². The van der Waals surface area contributed by atoms with Crippen LogP contribution in [0.15, 0.2) is 91.1 Å². The topological polar surface area (TPSA) is 75.2 Å². The standard InChI is InChI=1S/C35H31FN4O2S/c1-22-10-8-13-26(36)31(22)39-33(41)29-20-23-17-19-40(28-15-5-4-12-25(28)32(23)43-29)34(42)27-14-9-11-24(38-27)21-35(2,3)30-16-6-7-18-37-30/h4-16,18,20H,17,19,21H2,1-3H3,(H,39,41). The summed E-state index contributed by atoms with van der Waals surface area (Å²) in [5, 5.41) is 2.74. The number of carbonyl (C=O) groups excluding carboxylic acids is 2. The molecule has 0 bridgehead atoms. The van der Waals surface area contributed by atoms with Gasteiger partial charge in [0.05, 0.1) is 16.3 Å². The number of halogens is 1. The average molecular weight is 591 g/mol. The first-order valence-electron chi connectivity index (χ1n) is 14.2. The normalized spacial score (nSPS) is 12.7. The molecule has 0 saturated heterocycles.